The predicted molar refractivity (Wildman–Crippen MR) is 170 cm³/mol. The first kappa shape index (κ1) is 26.6. The lowest BCUT2D eigenvalue weighted by Gasteiger charge is -2.40. The fourth-order valence-electron chi connectivity index (χ4n) is 4.97. The molecule has 1 atom stereocenters. The van der Waals surface area contributed by atoms with Crippen LogP contribution in [0.25, 0.3) is 5.57 Å². The Morgan fingerprint density at radius 2 is 1.37 bits per heavy atom. The van der Waals surface area contributed by atoms with E-state index in [2.05, 4.69) is 137 Å². The maximum absolute atomic E-state index is 2.86. The first-order valence-electron chi connectivity index (χ1n) is 12.6. The predicted octanol–water partition coefficient (Wildman–Crippen LogP) is 9.46. The maximum atomic E-state index is 2.86. The van der Waals surface area contributed by atoms with Crippen LogP contribution in [0, 0.1) is 0 Å². The number of hydrogen-bond acceptors (Lipinski definition) is 3. The van der Waals surface area contributed by atoms with Gasteiger partial charge in [0.05, 0.1) is 11.4 Å². The van der Waals surface area contributed by atoms with Crippen LogP contribution in [0.3, 0.4) is 0 Å². The Morgan fingerprint density at radius 1 is 0.829 bits per heavy atom. The minimum Gasteiger partial charge on any atom is -0.309 e. The highest BCUT2D eigenvalue weighted by Crippen LogP contribution is 2.69. The molecule has 3 aromatic carbocycles. The van der Waals surface area contributed by atoms with Gasteiger partial charge in [0.15, 0.2) is 0 Å². The second kappa shape index (κ2) is 12.2. The van der Waals surface area contributed by atoms with E-state index in [-0.39, 0.29) is 0 Å². The summed E-state index contributed by atoms with van der Waals surface area (Å²) in [5.74, 6) is 2.48. The molecule has 2 nitrogen and oxygen atoms in total. The molecule has 0 spiro atoms. The number of para-hydroxylation sites is 3. The number of benzene rings is 3. The third kappa shape index (κ3) is 5.48. The van der Waals surface area contributed by atoms with E-state index in [9.17, 15) is 0 Å². The summed E-state index contributed by atoms with van der Waals surface area (Å²) < 4.78 is 1.59. The van der Waals surface area contributed by atoms with Crippen LogP contribution in [0.2, 0.25) is 0 Å². The Morgan fingerprint density at radius 3 is 1.89 bits per heavy atom. The molecule has 4 rings (SSSR count). The van der Waals surface area contributed by atoms with E-state index in [4.69, 9.17) is 0 Å². The van der Waals surface area contributed by atoms with Crippen LogP contribution >= 0.6 is 40.2 Å². The van der Waals surface area contributed by atoms with Crippen molar-refractivity contribution in [2.75, 3.05) is 42.3 Å². The van der Waals surface area contributed by atoms with Crippen molar-refractivity contribution >= 4 is 62.8 Å². The number of rotatable bonds is 10. The van der Waals surface area contributed by atoms with Gasteiger partial charge in [0.25, 0.3) is 0 Å². The van der Waals surface area contributed by atoms with Crippen molar-refractivity contribution in [3.8, 4) is 0 Å². The highest BCUT2D eigenvalue weighted by atomic mass is 127. The topological polar surface area (TPSA) is 6.48 Å². The molecule has 35 heavy (non-hydrogen) atoms. The molecule has 5 heteroatoms. The van der Waals surface area contributed by atoms with Crippen LogP contribution < -0.4 is 4.90 Å². The van der Waals surface area contributed by atoms with E-state index in [0.29, 0.717) is 0 Å². The van der Waals surface area contributed by atoms with Gasteiger partial charge >= 0.3 is 0 Å². The van der Waals surface area contributed by atoms with Gasteiger partial charge in [-0.1, -0.05) is 75.4 Å². The number of hydrogen-bond donors (Lipinski definition) is 0. The Bertz CT molecular complexity index is 1110. The molecule has 0 saturated carbocycles. The van der Waals surface area contributed by atoms with Gasteiger partial charge in [-0.05, 0) is 89.3 Å². The molecule has 1 unspecified atom stereocenters. The Labute approximate surface area is 230 Å². The molecule has 1 aliphatic heterocycles. The molecule has 0 bridgehead atoms. The summed E-state index contributed by atoms with van der Waals surface area (Å²) in [6, 6.07) is 28.8. The number of nitrogens with zero attached hydrogens (tertiary/aromatic N) is 2. The monoisotopic (exact) mass is 616 g/mol. The summed E-state index contributed by atoms with van der Waals surface area (Å²) in [5.41, 5.74) is 7.91. The van der Waals surface area contributed by atoms with Crippen molar-refractivity contribution < 1.29 is 0 Å². The van der Waals surface area contributed by atoms with Crippen molar-refractivity contribution in [2.45, 2.75) is 27.2 Å². The summed E-state index contributed by atoms with van der Waals surface area (Å²) in [6.45, 7) is 10.4. The molecule has 186 valence electrons. The van der Waals surface area contributed by atoms with Gasteiger partial charge < -0.3 is 9.80 Å². The zero-order valence-electron chi connectivity index (χ0n) is 21.3. The normalized spacial score (nSPS) is 15.4. The average Bonchev–Trinajstić information content (AvgIpc) is 2.91. The Hall–Kier alpha value is -1.41. The summed E-state index contributed by atoms with van der Waals surface area (Å²) in [4.78, 5) is 4.99. The van der Waals surface area contributed by atoms with Crippen LogP contribution in [0.1, 0.15) is 38.3 Å². The third-order valence-corrected chi connectivity index (χ3v) is 17.0. The van der Waals surface area contributed by atoms with E-state index in [1.54, 1.807) is 4.24 Å². The SMILES string of the molecule is CCN(CC)CCCS(I)(CC)C(SC)=C1c2ccccc2N(c2ccccc2)c2ccccc21. The molecule has 1 aliphatic rings. The smallest absolute Gasteiger partial charge is 0.0541 e. The molecule has 3 aromatic rings. The number of thioether (sulfide) groups is 1. The molecule has 0 saturated heterocycles. The maximum Gasteiger partial charge on any atom is 0.0541 e. The van der Waals surface area contributed by atoms with E-state index in [0.717, 1.165) is 13.1 Å². The first-order valence-corrected chi connectivity index (χ1v) is 18.3. The summed E-state index contributed by atoms with van der Waals surface area (Å²) in [6.07, 6.45) is 3.54. The lowest BCUT2D eigenvalue weighted by molar-refractivity contribution is 0.305. The molecule has 0 N–H and O–H groups in total. The van der Waals surface area contributed by atoms with Crippen LogP contribution in [0.4, 0.5) is 17.1 Å². The minimum absolute atomic E-state index is 0.980. The lowest BCUT2D eigenvalue weighted by Crippen LogP contribution is -2.25. The minimum atomic E-state index is -0.980. The van der Waals surface area contributed by atoms with E-state index in [1.165, 1.54) is 58.2 Å². The van der Waals surface area contributed by atoms with Gasteiger partial charge in [-0.2, -0.15) is 7.20 Å². The molecular formula is C30H37IN2S2. The fraction of sp³-hybridized carbons (Fsp3) is 0.333. The van der Waals surface area contributed by atoms with Crippen molar-refractivity contribution in [3.05, 3.63) is 94.2 Å². The van der Waals surface area contributed by atoms with Crippen molar-refractivity contribution in [1.82, 2.24) is 4.90 Å². The van der Waals surface area contributed by atoms with E-state index >= 15 is 0 Å². The second-order valence-corrected chi connectivity index (χ2v) is 17.8. The van der Waals surface area contributed by atoms with Gasteiger partial charge in [0, 0.05) is 26.6 Å². The van der Waals surface area contributed by atoms with Crippen molar-refractivity contribution in [2.24, 2.45) is 0 Å². The summed E-state index contributed by atoms with van der Waals surface area (Å²) in [5, 5.41) is 0. The zero-order chi connectivity index (χ0) is 24.8. The summed E-state index contributed by atoms with van der Waals surface area (Å²) in [7, 11) is -0.980. The van der Waals surface area contributed by atoms with E-state index in [1.807, 2.05) is 11.8 Å². The van der Waals surface area contributed by atoms with Crippen LogP contribution in [0.5, 0.6) is 0 Å². The van der Waals surface area contributed by atoms with Crippen molar-refractivity contribution in [3.63, 3.8) is 0 Å². The molecule has 0 aliphatic carbocycles. The Balaban J connectivity index is 1.87. The van der Waals surface area contributed by atoms with Gasteiger partial charge in [-0.3, -0.25) is 0 Å². The van der Waals surface area contributed by atoms with Gasteiger partial charge in [-0.15, -0.1) is 11.8 Å². The first-order chi connectivity index (χ1) is 17.1. The quantitative estimate of drug-likeness (QED) is 0.164. The van der Waals surface area contributed by atoms with Crippen molar-refractivity contribution in [1.29, 1.82) is 0 Å². The zero-order valence-corrected chi connectivity index (χ0v) is 25.1. The average molecular weight is 617 g/mol. The molecule has 0 fully saturated rings. The number of fused-ring (bicyclic) bond motifs is 2. The van der Waals surface area contributed by atoms with Crippen LogP contribution in [-0.2, 0) is 0 Å². The van der Waals surface area contributed by atoms with Crippen LogP contribution in [0.15, 0.2) is 83.1 Å². The molecule has 0 radical (unpaired) electrons. The third-order valence-electron chi connectivity index (χ3n) is 6.86. The largest absolute Gasteiger partial charge is 0.309 e. The van der Waals surface area contributed by atoms with Gasteiger partial charge in [0.1, 0.15) is 0 Å². The summed E-state index contributed by atoms with van der Waals surface area (Å²) >= 11 is 4.84. The van der Waals surface area contributed by atoms with Crippen LogP contribution in [-0.4, -0.2) is 42.3 Å². The van der Waals surface area contributed by atoms with Gasteiger partial charge in [0.2, 0.25) is 0 Å². The fourth-order valence-corrected chi connectivity index (χ4v) is 12.3. The highest BCUT2D eigenvalue weighted by molar-refractivity contribution is 14.2. The standard InChI is InChI=1S/C30H37IN2S2/c1-5-32(6-2)22-15-23-35(31,7-3)30(34-4)29-25-18-11-13-20-27(25)33(24-16-9-8-10-17-24)28-21-14-12-19-26(28)29/h8-14,16-21H,5-7,15,22-23H2,1-4H3. The Kier molecular flexibility index (Phi) is 9.30. The van der Waals surface area contributed by atoms with Gasteiger partial charge in [-0.25, -0.2) is 0 Å². The molecule has 0 aromatic heterocycles. The second-order valence-electron chi connectivity index (χ2n) is 8.73. The highest BCUT2D eigenvalue weighted by Gasteiger charge is 2.33. The van der Waals surface area contributed by atoms with E-state index < -0.39 is 7.20 Å². The molecule has 0 amide bonds. The lowest BCUT2D eigenvalue weighted by atomic mass is 9.91. The molecule has 1 heterocycles. The number of anilines is 3. The molecular weight excluding hydrogens is 579 g/mol. The number of halogens is 1.